The quantitative estimate of drug-likeness (QED) is 0.774. The van der Waals surface area contributed by atoms with Crippen LogP contribution in [0, 0.1) is 0 Å². The lowest BCUT2D eigenvalue weighted by molar-refractivity contribution is -0.129. The van der Waals surface area contributed by atoms with E-state index in [9.17, 15) is 9.59 Å². The largest absolute Gasteiger partial charge is 0.496 e. The van der Waals surface area contributed by atoms with Crippen molar-refractivity contribution in [3.8, 4) is 5.75 Å². The number of carbonyl (C=O) groups is 2. The fourth-order valence-electron chi connectivity index (χ4n) is 2.27. The van der Waals surface area contributed by atoms with Gasteiger partial charge in [0.25, 0.3) is 5.91 Å². The van der Waals surface area contributed by atoms with E-state index in [0.29, 0.717) is 22.3 Å². The molecule has 0 aliphatic rings. The van der Waals surface area contributed by atoms with Crippen LogP contribution in [0.25, 0.3) is 0 Å². The second-order valence-corrected chi connectivity index (χ2v) is 6.79. The van der Waals surface area contributed by atoms with Gasteiger partial charge in [0.05, 0.1) is 24.2 Å². The van der Waals surface area contributed by atoms with E-state index < -0.39 is 5.91 Å². The normalized spacial score (nSPS) is 10.3. The topological polar surface area (TPSA) is 58.6 Å². The maximum atomic E-state index is 12.3. The lowest BCUT2D eigenvalue weighted by Crippen LogP contribution is -2.38. The third-order valence-electron chi connectivity index (χ3n) is 3.65. The summed E-state index contributed by atoms with van der Waals surface area (Å²) in [5.74, 6) is -0.0924. The number of benzene rings is 2. The van der Waals surface area contributed by atoms with Crippen LogP contribution in [-0.4, -0.2) is 37.4 Å². The molecule has 2 amide bonds. The van der Waals surface area contributed by atoms with E-state index in [4.69, 9.17) is 39.5 Å². The van der Waals surface area contributed by atoms with Crippen molar-refractivity contribution in [2.24, 2.45) is 0 Å². The van der Waals surface area contributed by atoms with Crippen molar-refractivity contribution in [3.05, 3.63) is 62.6 Å². The zero-order chi connectivity index (χ0) is 19.3. The van der Waals surface area contributed by atoms with Crippen LogP contribution in [0.4, 0.5) is 0 Å². The second-order valence-electron chi connectivity index (χ2n) is 5.51. The Labute approximate surface area is 166 Å². The van der Waals surface area contributed by atoms with Crippen molar-refractivity contribution < 1.29 is 14.3 Å². The standard InChI is InChI=1S/C18H17Cl3N2O3/c1-23(10-11-7-12(19)4-6-16(11)26-2)17(24)9-22-18(25)14-5-3-13(20)8-15(14)21/h3-8H,9-10H2,1-2H3,(H,22,25). The number of hydrogen-bond acceptors (Lipinski definition) is 3. The summed E-state index contributed by atoms with van der Waals surface area (Å²) in [7, 11) is 3.18. The molecule has 0 atom stereocenters. The zero-order valence-electron chi connectivity index (χ0n) is 14.2. The Bertz CT molecular complexity index is 827. The van der Waals surface area contributed by atoms with Gasteiger partial charge in [-0.1, -0.05) is 34.8 Å². The lowest BCUT2D eigenvalue weighted by atomic mass is 10.2. The SMILES string of the molecule is COc1ccc(Cl)cc1CN(C)C(=O)CNC(=O)c1ccc(Cl)cc1Cl. The third-order valence-corrected chi connectivity index (χ3v) is 4.43. The molecule has 2 rings (SSSR count). The van der Waals surface area contributed by atoms with Crippen molar-refractivity contribution in [1.82, 2.24) is 10.2 Å². The van der Waals surface area contributed by atoms with Crippen molar-refractivity contribution in [2.45, 2.75) is 6.54 Å². The van der Waals surface area contributed by atoms with Gasteiger partial charge in [0.15, 0.2) is 0 Å². The van der Waals surface area contributed by atoms with Crippen molar-refractivity contribution in [1.29, 1.82) is 0 Å². The highest BCUT2D eigenvalue weighted by Crippen LogP contribution is 2.24. The summed E-state index contributed by atoms with van der Waals surface area (Å²) in [6, 6.07) is 9.71. The number of hydrogen-bond donors (Lipinski definition) is 1. The molecular weight excluding hydrogens is 399 g/mol. The number of rotatable bonds is 6. The Hall–Kier alpha value is -1.95. The highest BCUT2D eigenvalue weighted by molar-refractivity contribution is 6.36. The van der Waals surface area contributed by atoms with Gasteiger partial charge in [0.1, 0.15) is 5.75 Å². The molecule has 2 aromatic carbocycles. The number of nitrogens with one attached hydrogen (secondary N) is 1. The molecule has 138 valence electrons. The summed E-state index contributed by atoms with van der Waals surface area (Å²) in [4.78, 5) is 25.9. The van der Waals surface area contributed by atoms with Gasteiger partial charge in [-0.2, -0.15) is 0 Å². The van der Waals surface area contributed by atoms with E-state index >= 15 is 0 Å². The van der Waals surface area contributed by atoms with E-state index in [1.807, 2.05) is 0 Å². The molecule has 0 spiro atoms. The Balaban J connectivity index is 1.97. The average Bonchev–Trinajstić information content (AvgIpc) is 2.59. The molecule has 5 nitrogen and oxygen atoms in total. The molecule has 0 saturated heterocycles. The summed E-state index contributed by atoms with van der Waals surface area (Å²) in [5, 5.41) is 3.75. The summed E-state index contributed by atoms with van der Waals surface area (Å²) in [6.07, 6.45) is 0. The van der Waals surface area contributed by atoms with E-state index in [0.717, 1.165) is 5.56 Å². The van der Waals surface area contributed by atoms with Gasteiger partial charge in [-0.05, 0) is 36.4 Å². The second kappa shape index (κ2) is 9.12. The molecule has 0 unspecified atom stereocenters. The Kier molecular flexibility index (Phi) is 7.14. The minimum Gasteiger partial charge on any atom is -0.496 e. The van der Waals surface area contributed by atoms with Gasteiger partial charge in [0, 0.05) is 29.2 Å². The number of ether oxygens (including phenoxy) is 1. The van der Waals surface area contributed by atoms with Crippen molar-refractivity contribution >= 4 is 46.6 Å². The van der Waals surface area contributed by atoms with Crippen LogP contribution >= 0.6 is 34.8 Å². The lowest BCUT2D eigenvalue weighted by Gasteiger charge is -2.19. The van der Waals surface area contributed by atoms with Gasteiger partial charge in [-0.15, -0.1) is 0 Å². The van der Waals surface area contributed by atoms with Crippen LogP contribution in [0.1, 0.15) is 15.9 Å². The molecule has 0 aliphatic carbocycles. The van der Waals surface area contributed by atoms with Crippen LogP contribution in [0.2, 0.25) is 15.1 Å². The summed E-state index contributed by atoms with van der Waals surface area (Å²) in [5.41, 5.74) is 1.02. The number of halogens is 3. The molecule has 26 heavy (non-hydrogen) atoms. The van der Waals surface area contributed by atoms with Crippen LogP contribution in [0.5, 0.6) is 5.75 Å². The van der Waals surface area contributed by atoms with E-state index in [2.05, 4.69) is 5.32 Å². The van der Waals surface area contributed by atoms with Crippen LogP contribution in [-0.2, 0) is 11.3 Å². The number of methoxy groups -OCH3 is 1. The molecule has 0 aromatic heterocycles. The van der Waals surface area contributed by atoms with E-state index in [-0.39, 0.29) is 23.0 Å². The minimum absolute atomic E-state index is 0.169. The van der Waals surface area contributed by atoms with Gasteiger partial charge in [-0.25, -0.2) is 0 Å². The molecule has 0 bridgehead atoms. The van der Waals surface area contributed by atoms with Gasteiger partial charge < -0.3 is 15.0 Å². The molecule has 1 N–H and O–H groups in total. The molecule has 0 heterocycles. The van der Waals surface area contributed by atoms with Crippen molar-refractivity contribution in [3.63, 3.8) is 0 Å². The number of likely N-dealkylation sites (N-methyl/N-ethyl adjacent to an activating group) is 1. The molecule has 0 aliphatic heterocycles. The van der Waals surface area contributed by atoms with Crippen LogP contribution in [0.3, 0.4) is 0 Å². The summed E-state index contributed by atoms with van der Waals surface area (Å²) >= 11 is 17.8. The molecule has 0 saturated carbocycles. The maximum absolute atomic E-state index is 12.3. The molecule has 8 heteroatoms. The predicted octanol–water partition coefficient (Wildman–Crippen LogP) is 4.04. The number of carbonyl (C=O) groups excluding carboxylic acids is 2. The summed E-state index contributed by atoms with van der Waals surface area (Å²) < 4.78 is 5.27. The Morgan fingerprint density at radius 1 is 1.08 bits per heavy atom. The van der Waals surface area contributed by atoms with Crippen LogP contribution < -0.4 is 10.1 Å². The molecular formula is C18H17Cl3N2O3. The Morgan fingerprint density at radius 3 is 2.38 bits per heavy atom. The predicted molar refractivity (Wildman–Crippen MR) is 103 cm³/mol. The van der Waals surface area contributed by atoms with E-state index in [1.54, 1.807) is 38.4 Å². The maximum Gasteiger partial charge on any atom is 0.253 e. The third kappa shape index (κ3) is 5.27. The first-order valence-electron chi connectivity index (χ1n) is 7.61. The molecule has 0 radical (unpaired) electrons. The highest BCUT2D eigenvalue weighted by Gasteiger charge is 2.16. The first-order valence-corrected chi connectivity index (χ1v) is 8.75. The number of nitrogens with zero attached hydrogens (tertiary/aromatic N) is 1. The van der Waals surface area contributed by atoms with Gasteiger partial charge in [-0.3, -0.25) is 9.59 Å². The minimum atomic E-state index is -0.450. The molecule has 2 aromatic rings. The van der Waals surface area contributed by atoms with E-state index in [1.165, 1.54) is 17.0 Å². The summed E-state index contributed by atoms with van der Waals surface area (Å²) in [6.45, 7) is 0.122. The first-order chi connectivity index (χ1) is 12.3. The first kappa shape index (κ1) is 20.4. The average molecular weight is 416 g/mol. The monoisotopic (exact) mass is 414 g/mol. The zero-order valence-corrected chi connectivity index (χ0v) is 16.5. The van der Waals surface area contributed by atoms with Crippen LogP contribution in [0.15, 0.2) is 36.4 Å². The van der Waals surface area contributed by atoms with Crippen molar-refractivity contribution in [2.75, 3.05) is 20.7 Å². The van der Waals surface area contributed by atoms with Gasteiger partial charge >= 0.3 is 0 Å². The van der Waals surface area contributed by atoms with Gasteiger partial charge in [0.2, 0.25) is 5.91 Å². The highest BCUT2D eigenvalue weighted by atomic mass is 35.5. The fraction of sp³-hybridized carbons (Fsp3) is 0.222. The fourth-order valence-corrected chi connectivity index (χ4v) is 2.96. The number of amides is 2. The Morgan fingerprint density at radius 2 is 1.73 bits per heavy atom. The smallest absolute Gasteiger partial charge is 0.253 e. The molecule has 0 fully saturated rings.